The van der Waals surface area contributed by atoms with Crippen LogP contribution in [0.2, 0.25) is 0 Å². The molecule has 2 N–H and O–H groups in total. The van der Waals surface area contributed by atoms with E-state index in [0.29, 0.717) is 22.1 Å². The van der Waals surface area contributed by atoms with E-state index in [1.54, 1.807) is 19.1 Å². The second-order valence-corrected chi connectivity index (χ2v) is 8.54. The van der Waals surface area contributed by atoms with E-state index in [9.17, 15) is 9.90 Å². The molecule has 8 nitrogen and oxygen atoms in total. The number of anilines is 1. The molecule has 33 heavy (non-hydrogen) atoms. The SMILES string of the molecule is Cc1ccc(Oc2nc3c([nH]2)=CC(Cl)C(c2ccc(N4CCOCC4)cc2)N=3)cc1C(=O)O. The lowest BCUT2D eigenvalue weighted by atomic mass is 10.0. The molecule has 1 fully saturated rings. The Morgan fingerprint density at radius 3 is 2.70 bits per heavy atom. The Hall–Kier alpha value is -3.36. The molecule has 3 heterocycles. The smallest absolute Gasteiger partial charge is 0.336 e. The van der Waals surface area contributed by atoms with Gasteiger partial charge in [0.2, 0.25) is 0 Å². The highest BCUT2D eigenvalue weighted by Gasteiger charge is 2.23. The van der Waals surface area contributed by atoms with E-state index < -0.39 is 5.97 Å². The van der Waals surface area contributed by atoms with Gasteiger partial charge in [-0.15, -0.1) is 11.6 Å². The van der Waals surface area contributed by atoms with Gasteiger partial charge in [-0.05, 0) is 48.4 Å². The maximum Gasteiger partial charge on any atom is 0.336 e. The molecular formula is C24H23ClN4O4. The van der Waals surface area contributed by atoms with Crippen LogP contribution in [0.4, 0.5) is 5.69 Å². The summed E-state index contributed by atoms with van der Waals surface area (Å²) in [7, 11) is 0. The van der Waals surface area contributed by atoms with Crippen molar-refractivity contribution in [2.45, 2.75) is 18.3 Å². The van der Waals surface area contributed by atoms with Crippen molar-refractivity contribution in [1.82, 2.24) is 9.97 Å². The Balaban J connectivity index is 1.38. The number of aromatic nitrogens is 2. The number of alkyl halides is 1. The number of nitrogens with one attached hydrogen (secondary N) is 1. The molecule has 0 amide bonds. The van der Waals surface area contributed by atoms with E-state index in [4.69, 9.17) is 26.1 Å². The number of ether oxygens (including phenoxy) is 2. The van der Waals surface area contributed by atoms with Gasteiger partial charge in [-0.3, -0.25) is 4.99 Å². The topological polar surface area (TPSA) is 100 Å². The normalized spacial score (nSPS) is 19.9. The molecule has 3 aromatic rings. The van der Waals surface area contributed by atoms with E-state index in [2.05, 4.69) is 39.1 Å². The number of hydrogen-bond acceptors (Lipinski definition) is 6. The Morgan fingerprint density at radius 2 is 1.97 bits per heavy atom. The van der Waals surface area contributed by atoms with Crippen LogP contribution in [-0.4, -0.2) is 52.7 Å². The number of hydrogen-bond donors (Lipinski definition) is 2. The van der Waals surface area contributed by atoms with Crippen molar-refractivity contribution in [3.8, 4) is 11.8 Å². The lowest BCUT2D eigenvalue weighted by Gasteiger charge is -2.29. The van der Waals surface area contributed by atoms with Crippen molar-refractivity contribution < 1.29 is 19.4 Å². The summed E-state index contributed by atoms with van der Waals surface area (Å²) in [5.74, 6) is -0.630. The second-order valence-electron chi connectivity index (χ2n) is 8.04. The number of fused-ring (bicyclic) bond motifs is 1. The first-order chi connectivity index (χ1) is 16.0. The number of aryl methyl sites for hydroxylation is 1. The Bertz CT molecular complexity index is 1300. The molecule has 170 valence electrons. The number of benzene rings is 2. The van der Waals surface area contributed by atoms with Gasteiger partial charge >= 0.3 is 12.0 Å². The number of morpholine rings is 1. The van der Waals surface area contributed by atoms with Crippen molar-refractivity contribution in [2.24, 2.45) is 4.99 Å². The highest BCUT2D eigenvalue weighted by atomic mass is 35.5. The first kappa shape index (κ1) is 21.5. The Kier molecular flexibility index (Phi) is 5.78. The lowest BCUT2D eigenvalue weighted by Crippen LogP contribution is -2.36. The quantitative estimate of drug-likeness (QED) is 0.561. The minimum Gasteiger partial charge on any atom is -0.478 e. The monoisotopic (exact) mass is 466 g/mol. The largest absolute Gasteiger partial charge is 0.478 e. The predicted molar refractivity (Wildman–Crippen MR) is 124 cm³/mol. The van der Waals surface area contributed by atoms with Gasteiger partial charge in [0.25, 0.3) is 0 Å². The molecular weight excluding hydrogens is 444 g/mol. The van der Waals surface area contributed by atoms with E-state index in [1.807, 2.05) is 6.08 Å². The van der Waals surface area contributed by atoms with Crippen LogP contribution in [0, 0.1) is 6.92 Å². The maximum absolute atomic E-state index is 11.4. The number of carboxylic acids is 1. The van der Waals surface area contributed by atoms with Gasteiger partial charge in [0, 0.05) is 18.8 Å². The molecule has 0 spiro atoms. The highest BCUT2D eigenvalue weighted by molar-refractivity contribution is 6.24. The predicted octanol–water partition coefficient (Wildman–Crippen LogP) is 2.81. The molecule has 0 aliphatic carbocycles. The number of rotatable bonds is 5. The summed E-state index contributed by atoms with van der Waals surface area (Å²) in [4.78, 5) is 25.9. The number of carbonyl (C=O) groups is 1. The molecule has 2 unspecified atom stereocenters. The van der Waals surface area contributed by atoms with Gasteiger partial charge in [0.1, 0.15) is 5.75 Å². The summed E-state index contributed by atoms with van der Waals surface area (Å²) in [5, 5.41) is 9.65. The van der Waals surface area contributed by atoms with Crippen LogP contribution in [-0.2, 0) is 4.74 Å². The lowest BCUT2D eigenvalue weighted by molar-refractivity contribution is 0.0695. The minimum absolute atomic E-state index is 0.182. The van der Waals surface area contributed by atoms with Crippen molar-refractivity contribution in [2.75, 3.05) is 31.2 Å². The van der Waals surface area contributed by atoms with Gasteiger partial charge in [0.05, 0.1) is 35.5 Å². The van der Waals surface area contributed by atoms with E-state index in [0.717, 1.165) is 37.6 Å². The number of carboxylic acid groups (broad SMARTS) is 1. The summed E-state index contributed by atoms with van der Waals surface area (Å²) in [6.07, 6.45) is 1.88. The molecule has 1 aromatic heterocycles. The highest BCUT2D eigenvalue weighted by Crippen LogP contribution is 2.29. The number of nitrogens with zero attached hydrogens (tertiary/aromatic N) is 3. The number of imidazole rings is 1. The molecule has 2 aromatic carbocycles. The van der Waals surface area contributed by atoms with Gasteiger partial charge < -0.3 is 24.5 Å². The van der Waals surface area contributed by atoms with Crippen LogP contribution >= 0.6 is 11.6 Å². The van der Waals surface area contributed by atoms with Gasteiger partial charge in [-0.2, -0.15) is 4.98 Å². The van der Waals surface area contributed by atoms with Crippen LogP contribution in [0.15, 0.2) is 47.5 Å². The van der Waals surface area contributed by atoms with Crippen molar-refractivity contribution >= 4 is 29.3 Å². The Labute approximate surface area is 195 Å². The van der Waals surface area contributed by atoms with Gasteiger partial charge in [0.15, 0.2) is 5.49 Å². The Morgan fingerprint density at radius 1 is 1.21 bits per heavy atom. The zero-order valence-electron chi connectivity index (χ0n) is 18.0. The summed E-state index contributed by atoms with van der Waals surface area (Å²) in [6, 6.07) is 13.1. The third-order valence-corrected chi connectivity index (χ3v) is 6.21. The van der Waals surface area contributed by atoms with E-state index in [-0.39, 0.29) is 23.0 Å². The van der Waals surface area contributed by atoms with Crippen LogP contribution in [0.3, 0.4) is 0 Å². The fourth-order valence-corrected chi connectivity index (χ4v) is 4.37. The molecule has 1 saturated heterocycles. The third kappa shape index (κ3) is 4.44. The molecule has 0 saturated carbocycles. The summed E-state index contributed by atoms with van der Waals surface area (Å²) in [6.45, 7) is 4.98. The second kappa shape index (κ2) is 8.88. The van der Waals surface area contributed by atoms with E-state index >= 15 is 0 Å². The fraction of sp³-hybridized carbons (Fsp3) is 0.292. The standard InChI is InChI=1S/C24H23ClN4O4/c1-14-2-7-17(12-18(14)23(30)31)33-24-26-20-13-19(25)21(27-22(20)28-24)15-3-5-16(6-4-15)29-8-10-32-11-9-29/h2-7,12-13,19,21H,8-11H2,1H3,(H,30,31)(H,26,27,28). The summed E-state index contributed by atoms with van der Waals surface area (Å²) in [5.41, 5.74) is 3.51. The molecule has 5 rings (SSSR count). The minimum atomic E-state index is -1.01. The molecule has 9 heteroatoms. The van der Waals surface area contributed by atoms with E-state index in [1.165, 1.54) is 6.07 Å². The number of aromatic carboxylic acids is 1. The first-order valence-corrected chi connectivity index (χ1v) is 11.2. The average molecular weight is 467 g/mol. The average Bonchev–Trinajstić information content (AvgIpc) is 3.21. The first-order valence-electron chi connectivity index (χ1n) is 10.7. The van der Waals surface area contributed by atoms with Crippen molar-refractivity contribution in [3.63, 3.8) is 0 Å². The van der Waals surface area contributed by atoms with Crippen LogP contribution in [0.5, 0.6) is 11.8 Å². The third-order valence-electron chi connectivity index (χ3n) is 5.84. The molecule has 2 atom stereocenters. The van der Waals surface area contributed by atoms with Gasteiger partial charge in [-0.25, -0.2) is 4.79 Å². The summed E-state index contributed by atoms with van der Waals surface area (Å²) < 4.78 is 11.2. The fourth-order valence-electron chi connectivity index (χ4n) is 4.04. The molecule has 2 aliphatic rings. The molecule has 0 radical (unpaired) electrons. The zero-order chi connectivity index (χ0) is 22.9. The molecule has 0 bridgehead atoms. The van der Waals surface area contributed by atoms with Crippen LogP contribution in [0.1, 0.15) is 27.5 Å². The van der Waals surface area contributed by atoms with Crippen LogP contribution in [0.25, 0.3) is 6.08 Å². The number of H-pyrrole nitrogens is 1. The van der Waals surface area contributed by atoms with Gasteiger partial charge in [-0.1, -0.05) is 18.2 Å². The van der Waals surface area contributed by atoms with Crippen molar-refractivity contribution in [1.29, 1.82) is 0 Å². The van der Waals surface area contributed by atoms with Crippen molar-refractivity contribution in [3.05, 3.63) is 70.0 Å². The molecule has 2 aliphatic heterocycles. The zero-order valence-corrected chi connectivity index (χ0v) is 18.7. The van der Waals surface area contributed by atoms with Crippen LogP contribution < -0.4 is 20.5 Å². The number of halogens is 1. The summed E-state index contributed by atoms with van der Waals surface area (Å²) >= 11 is 6.65. The maximum atomic E-state index is 11.4. The number of aromatic amines is 1.